The standard InChI is InChI=1S/C12H13N3O/c1-2-4-10-7-14-15(8-10)12-5-3-6-13-11(12)9-16/h3,5-9H,2,4H2,1H3. The molecule has 0 aliphatic carbocycles. The molecule has 2 heterocycles. The van der Waals surface area contributed by atoms with Gasteiger partial charge in [-0.25, -0.2) is 4.68 Å². The first-order chi connectivity index (χ1) is 7.85. The van der Waals surface area contributed by atoms with Crippen LogP contribution in [0.4, 0.5) is 0 Å². The molecule has 0 aromatic carbocycles. The van der Waals surface area contributed by atoms with Gasteiger partial charge in [0.25, 0.3) is 0 Å². The Bertz CT molecular complexity index is 491. The number of carbonyl (C=O) groups is 1. The van der Waals surface area contributed by atoms with Gasteiger partial charge >= 0.3 is 0 Å². The van der Waals surface area contributed by atoms with Crippen LogP contribution in [0, 0.1) is 0 Å². The highest BCUT2D eigenvalue weighted by Crippen LogP contribution is 2.11. The van der Waals surface area contributed by atoms with Crippen molar-refractivity contribution in [3.63, 3.8) is 0 Å². The number of hydrogen-bond donors (Lipinski definition) is 0. The van der Waals surface area contributed by atoms with Crippen LogP contribution in [-0.2, 0) is 6.42 Å². The fraction of sp³-hybridized carbons (Fsp3) is 0.250. The molecule has 0 aliphatic heterocycles. The van der Waals surface area contributed by atoms with E-state index in [0.717, 1.165) is 24.8 Å². The van der Waals surface area contributed by atoms with Crippen LogP contribution in [0.5, 0.6) is 0 Å². The Labute approximate surface area is 93.9 Å². The summed E-state index contributed by atoms with van der Waals surface area (Å²) in [5.74, 6) is 0. The maximum atomic E-state index is 10.8. The second-order valence-electron chi connectivity index (χ2n) is 3.57. The summed E-state index contributed by atoms with van der Waals surface area (Å²) in [6.07, 6.45) is 8.19. The van der Waals surface area contributed by atoms with Gasteiger partial charge in [-0.3, -0.25) is 9.78 Å². The zero-order chi connectivity index (χ0) is 11.4. The van der Waals surface area contributed by atoms with Crippen LogP contribution in [0.25, 0.3) is 5.69 Å². The number of aldehydes is 1. The van der Waals surface area contributed by atoms with Gasteiger partial charge in [0, 0.05) is 12.4 Å². The van der Waals surface area contributed by atoms with Gasteiger partial charge in [-0.2, -0.15) is 5.10 Å². The number of aromatic nitrogens is 3. The Morgan fingerprint density at radius 1 is 1.50 bits per heavy atom. The maximum Gasteiger partial charge on any atom is 0.170 e. The molecule has 2 aromatic rings. The SMILES string of the molecule is CCCc1cnn(-c2cccnc2C=O)c1. The number of hydrogen-bond acceptors (Lipinski definition) is 3. The Morgan fingerprint density at radius 3 is 3.12 bits per heavy atom. The van der Waals surface area contributed by atoms with Crippen molar-refractivity contribution in [3.8, 4) is 5.69 Å². The quantitative estimate of drug-likeness (QED) is 0.733. The Morgan fingerprint density at radius 2 is 2.38 bits per heavy atom. The van der Waals surface area contributed by atoms with E-state index in [1.54, 1.807) is 16.9 Å². The van der Waals surface area contributed by atoms with Crippen molar-refractivity contribution in [1.29, 1.82) is 0 Å². The molecule has 0 atom stereocenters. The van der Waals surface area contributed by atoms with Gasteiger partial charge in [-0.15, -0.1) is 0 Å². The summed E-state index contributed by atoms with van der Waals surface area (Å²) in [6.45, 7) is 2.12. The molecule has 0 aliphatic rings. The second kappa shape index (κ2) is 4.70. The molecule has 0 unspecified atom stereocenters. The summed E-state index contributed by atoms with van der Waals surface area (Å²) in [5, 5.41) is 4.23. The molecule has 16 heavy (non-hydrogen) atoms. The van der Waals surface area contributed by atoms with Crippen molar-refractivity contribution >= 4 is 6.29 Å². The molecule has 4 heteroatoms. The summed E-state index contributed by atoms with van der Waals surface area (Å²) >= 11 is 0. The number of aryl methyl sites for hydroxylation is 1. The highest BCUT2D eigenvalue weighted by atomic mass is 16.1. The highest BCUT2D eigenvalue weighted by Gasteiger charge is 2.05. The predicted molar refractivity (Wildman–Crippen MR) is 60.7 cm³/mol. The molecule has 0 spiro atoms. The van der Waals surface area contributed by atoms with E-state index in [0.29, 0.717) is 5.69 Å². The number of pyridine rings is 1. The second-order valence-corrected chi connectivity index (χ2v) is 3.57. The van der Waals surface area contributed by atoms with Gasteiger partial charge in [-0.1, -0.05) is 13.3 Å². The molecule has 0 saturated carbocycles. The normalized spacial score (nSPS) is 10.3. The van der Waals surface area contributed by atoms with Crippen LogP contribution < -0.4 is 0 Å². The van der Waals surface area contributed by atoms with Crippen LogP contribution in [-0.4, -0.2) is 21.1 Å². The van der Waals surface area contributed by atoms with E-state index in [2.05, 4.69) is 17.0 Å². The topological polar surface area (TPSA) is 47.8 Å². The molecule has 0 amide bonds. The van der Waals surface area contributed by atoms with Gasteiger partial charge in [0.1, 0.15) is 5.69 Å². The molecule has 4 nitrogen and oxygen atoms in total. The van der Waals surface area contributed by atoms with Crippen LogP contribution in [0.15, 0.2) is 30.7 Å². The van der Waals surface area contributed by atoms with E-state index < -0.39 is 0 Å². The molecule has 0 fully saturated rings. The third kappa shape index (κ3) is 2.00. The molecular formula is C12H13N3O. The zero-order valence-corrected chi connectivity index (χ0v) is 9.13. The largest absolute Gasteiger partial charge is 0.296 e. The Balaban J connectivity index is 2.38. The van der Waals surface area contributed by atoms with Gasteiger partial charge in [0.15, 0.2) is 6.29 Å². The lowest BCUT2D eigenvalue weighted by Gasteiger charge is -2.02. The van der Waals surface area contributed by atoms with Crippen molar-refractivity contribution < 1.29 is 4.79 Å². The summed E-state index contributed by atoms with van der Waals surface area (Å²) in [6, 6.07) is 3.63. The third-order valence-corrected chi connectivity index (χ3v) is 2.35. The minimum atomic E-state index is 0.411. The van der Waals surface area contributed by atoms with Gasteiger partial charge < -0.3 is 0 Å². The van der Waals surface area contributed by atoms with Crippen molar-refractivity contribution in [2.75, 3.05) is 0 Å². The molecule has 2 aromatic heterocycles. The molecule has 0 N–H and O–H groups in total. The lowest BCUT2D eigenvalue weighted by atomic mass is 10.2. The molecule has 2 rings (SSSR count). The van der Waals surface area contributed by atoms with Gasteiger partial charge in [0.2, 0.25) is 0 Å². The van der Waals surface area contributed by atoms with E-state index in [1.165, 1.54) is 5.56 Å². The molecular weight excluding hydrogens is 202 g/mol. The van der Waals surface area contributed by atoms with E-state index >= 15 is 0 Å². The smallest absolute Gasteiger partial charge is 0.170 e. The molecule has 82 valence electrons. The average Bonchev–Trinajstić information content (AvgIpc) is 2.78. The van der Waals surface area contributed by atoms with Crippen molar-refractivity contribution in [2.45, 2.75) is 19.8 Å². The van der Waals surface area contributed by atoms with E-state index in [4.69, 9.17) is 0 Å². The highest BCUT2D eigenvalue weighted by molar-refractivity contribution is 5.77. The van der Waals surface area contributed by atoms with Crippen LogP contribution in [0.3, 0.4) is 0 Å². The van der Waals surface area contributed by atoms with Crippen molar-refractivity contribution in [2.24, 2.45) is 0 Å². The molecule has 0 bridgehead atoms. The number of rotatable bonds is 4. The fourth-order valence-corrected chi connectivity index (χ4v) is 1.60. The minimum absolute atomic E-state index is 0.411. The van der Waals surface area contributed by atoms with Crippen LogP contribution in [0.2, 0.25) is 0 Å². The fourth-order valence-electron chi connectivity index (χ4n) is 1.60. The summed E-state index contributed by atoms with van der Waals surface area (Å²) in [7, 11) is 0. The zero-order valence-electron chi connectivity index (χ0n) is 9.13. The van der Waals surface area contributed by atoms with Crippen molar-refractivity contribution in [1.82, 2.24) is 14.8 Å². The van der Waals surface area contributed by atoms with Crippen LogP contribution in [0.1, 0.15) is 29.4 Å². The lowest BCUT2D eigenvalue weighted by Crippen LogP contribution is -2.01. The summed E-state index contributed by atoms with van der Waals surface area (Å²) in [5.41, 5.74) is 2.30. The first-order valence-corrected chi connectivity index (χ1v) is 5.29. The van der Waals surface area contributed by atoms with E-state index in [-0.39, 0.29) is 0 Å². The Kier molecular flexibility index (Phi) is 3.10. The summed E-state index contributed by atoms with van der Waals surface area (Å²) < 4.78 is 1.70. The van der Waals surface area contributed by atoms with E-state index in [1.807, 2.05) is 18.5 Å². The number of nitrogens with zero attached hydrogens (tertiary/aromatic N) is 3. The minimum Gasteiger partial charge on any atom is -0.296 e. The summed E-state index contributed by atoms with van der Waals surface area (Å²) in [4.78, 5) is 14.8. The maximum absolute atomic E-state index is 10.8. The molecule has 0 saturated heterocycles. The Hall–Kier alpha value is -1.97. The molecule has 0 radical (unpaired) electrons. The monoisotopic (exact) mass is 215 g/mol. The van der Waals surface area contributed by atoms with Crippen molar-refractivity contribution in [3.05, 3.63) is 42.0 Å². The average molecular weight is 215 g/mol. The van der Waals surface area contributed by atoms with Gasteiger partial charge in [-0.05, 0) is 24.1 Å². The first-order valence-electron chi connectivity index (χ1n) is 5.29. The number of carbonyl (C=O) groups excluding carboxylic acids is 1. The van der Waals surface area contributed by atoms with Gasteiger partial charge in [0.05, 0.1) is 11.9 Å². The predicted octanol–water partition coefficient (Wildman–Crippen LogP) is 2.03. The van der Waals surface area contributed by atoms with Crippen LogP contribution >= 0.6 is 0 Å². The first kappa shape index (κ1) is 10.5. The lowest BCUT2D eigenvalue weighted by molar-refractivity contribution is 0.111. The van der Waals surface area contributed by atoms with E-state index in [9.17, 15) is 4.79 Å². The third-order valence-electron chi connectivity index (χ3n) is 2.35.